The topological polar surface area (TPSA) is 27.6 Å². The van der Waals surface area contributed by atoms with Gasteiger partial charge in [0.1, 0.15) is 5.69 Å². The zero-order chi connectivity index (χ0) is 7.14. The number of quaternary nitrogens is 1. The molecule has 1 aliphatic rings. The minimum Gasteiger partial charge on any atom is -0.324 e. The van der Waals surface area contributed by atoms with E-state index in [1.165, 1.54) is 29.8 Å². The molecule has 1 heterocycles. The molecule has 54 valence electrons. The smallest absolute Gasteiger partial charge is 0.145 e. The molecule has 0 amide bonds. The second kappa shape index (κ2) is 2.07. The number of thiophene rings is 1. The van der Waals surface area contributed by atoms with Gasteiger partial charge in [0.15, 0.2) is 0 Å². The van der Waals surface area contributed by atoms with Crippen LogP contribution in [0, 0.1) is 6.92 Å². The molecule has 0 fully saturated rings. The van der Waals surface area contributed by atoms with Crippen LogP contribution in [0.2, 0.25) is 0 Å². The lowest BCUT2D eigenvalue weighted by molar-refractivity contribution is -0.255. The largest absolute Gasteiger partial charge is 0.324 e. The van der Waals surface area contributed by atoms with E-state index in [0.29, 0.717) is 0 Å². The van der Waals surface area contributed by atoms with Gasteiger partial charge in [0, 0.05) is 10.4 Å². The van der Waals surface area contributed by atoms with E-state index in [1.807, 2.05) is 11.3 Å². The van der Waals surface area contributed by atoms with Crippen LogP contribution in [-0.4, -0.2) is 0 Å². The molecule has 1 aromatic heterocycles. The molecule has 0 saturated carbocycles. The van der Waals surface area contributed by atoms with Gasteiger partial charge in [0.25, 0.3) is 0 Å². The van der Waals surface area contributed by atoms with Crippen molar-refractivity contribution in [3.8, 4) is 0 Å². The van der Waals surface area contributed by atoms with Crippen molar-refractivity contribution in [3.05, 3.63) is 15.3 Å². The minimum absolute atomic E-state index is 1.28. The standard InChI is InChI=1S/C8H11NS/c1-5-8(9)6-3-2-4-7(6)10-5/h2-4,9H2,1H3/p+1. The zero-order valence-corrected chi connectivity index (χ0v) is 7.05. The van der Waals surface area contributed by atoms with Gasteiger partial charge >= 0.3 is 0 Å². The highest BCUT2D eigenvalue weighted by Gasteiger charge is 2.20. The quantitative estimate of drug-likeness (QED) is 0.585. The van der Waals surface area contributed by atoms with Crippen LogP contribution >= 0.6 is 11.3 Å². The van der Waals surface area contributed by atoms with Gasteiger partial charge < -0.3 is 5.73 Å². The first-order valence-corrected chi connectivity index (χ1v) is 4.54. The molecule has 1 aliphatic carbocycles. The van der Waals surface area contributed by atoms with Crippen molar-refractivity contribution in [1.82, 2.24) is 0 Å². The van der Waals surface area contributed by atoms with Gasteiger partial charge in [-0.05, 0) is 26.2 Å². The predicted octanol–water partition coefficient (Wildman–Crippen LogP) is 1.42. The highest BCUT2D eigenvalue weighted by Crippen LogP contribution is 2.35. The molecule has 3 N–H and O–H groups in total. The third kappa shape index (κ3) is 0.724. The van der Waals surface area contributed by atoms with Crippen LogP contribution in [0.15, 0.2) is 0 Å². The molecule has 2 rings (SSSR count). The van der Waals surface area contributed by atoms with Gasteiger partial charge in [-0.2, -0.15) is 0 Å². The molecule has 0 unspecified atom stereocenters. The summed E-state index contributed by atoms with van der Waals surface area (Å²) in [5.74, 6) is 0. The Bertz CT molecular complexity index is 262. The Morgan fingerprint density at radius 3 is 2.90 bits per heavy atom. The fourth-order valence-corrected chi connectivity index (χ4v) is 2.82. The average Bonchev–Trinajstić information content (AvgIpc) is 2.41. The molecule has 1 aromatic rings. The van der Waals surface area contributed by atoms with Crippen LogP contribution in [-0.2, 0) is 12.8 Å². The van der Waals surface area contributed by atoms with Gasteiger partial charge in [0.05, 0.1) is 4.88 Å². The van der Waals surface area contributed by atoms with Crippen molar-refractivity contribution in [3.63, 3.8) is 0 Å². The van der Waals surface area contributed by atoms with Crippen molar-refractivity contribution in [2.45, 2.75) is 26.2 Å². The van der Waals surface area contributed by atoms with Crippen LogP contribution in [0.4, 0.5) is 5.69 Å². The summed E-state index contributed by atoms with van der Waals surface area (Å²) < 4.78 is 0. The monoisotopic (exact) mass is 154 g/mol. The Morgan fingerprint density at radius 1 is 1.40 bits per heavy atom. The molecule has 0 spiro atoms. The number of hydrogen-bond donors (Lipinski definition) is 1. The fraction of sp³-hybridized carbons (Fsp3) is 0.500. The van der Waals surface area contributed by atoms with Gasteiger partial charge in [-0.15, -0.1) is 11.3 Å². The number of aryl methyl sites for hydroxylation is 2. The predicted molar refractivity (Wildman–Crippen MR) is 43.6 cm³/mol. The molecular weight excluding hydrogens is 142 g/mol. The van der Waals surface area contributed by atoms with Gasteiger partial charge in [-0.25, -0.2) is 0 Å². The highest BCUT2D eigenvalue weighted by atomic mass is 32.1. The molecule has 0 atom stereocenters. The van der Waals surface area contributed by atoms with Gasteiger partial charge in [-0.3, -0.25) is 0 Å². The summed E-state index contributed by atoms with van der Waals surface area (Å²) in [6.45, 7) is 2.17. The molecule has 0 aliphatic heterocycles. The van der Waals surface area contributed by atoms with E-state index in [1.54, 1.807) is 10.4 Å². The lowest BCUT2D eigenvalue weighted by Gasteiger charge is -1.87. The summed E-state index contributed by atoms with van der Waals surface area (Å²) in [5.41, 5.74) is 6.94. The fourth-order valence-electron chi connectivity index (χ4n) is 1.61. The highest BCUT2D eigenvalue weighted by molar-refractivity contribution is 7.12. The van der Waals surface area contributed by atoms with Crippen LogP contribution in [0.25, 0.3) is 0 Å². The maximum atomic E-state index is 4.06. The maximum absolute atomic E-state index is 4.06. The van der Waals surface area contributed by atoms with Crippen molar-refractivity contribution in [2.75, 3.05) is 0 Å². The Morgan fingerprint density at radius 2 is 2.20 bits per heavy atom. The van der Waals surface area contributed by atoms with Crippen molar-refractivity contribution < 1.29 is 5.73 Å². The van der Waals surface area contributed by atoms with E-state index < -0.39 is 0 Å². The summed E-state index contributed by atoms with van der Waals surface area (Å²) in [6, 6.07) is 0. The molecule has 0 radical (unpaired) electrons. The minimum atomic E-state index is 1.28. The van der Waals surface area contributed by atoms with E-state index >= 15 is 0 Å². The van der Waals surface area contributed by atoms with Gasteiger partial charge in [0.2, 0.25) is 0 Å². The molecular formula is C8H12NS+. The van der Waals surface area contributed by atoms with E-state index in [-0.39, 0.29) is 0 Å². The second-order valence-corrected chi connectivity index (χ2v) is 4.20. The summed E-state index contributed by atoms with van der Waals surface area (Å²) in [6.07, 6.45) is 3.93. The first-order chi connectivity index (χ1) is 4.79. The summed E-state index contributed by atoms with van der Waals surface area (Å²) in [7, 11) is 0. The van der Waals surface area contributed by atoms with Crippen molar-refractivity contribution >= 4 is 17.0 Å². The third-order valence-electron chi connectivity index (χ3n) is 2.23. The Kier molecular flexibility index (Phi) is 1.32. The number of hydrogen-bond acceptors (Lipinski definition) is 1. The number of rotatable bonds is 0. The van der Waals surface area contributed by atoms with Crippen LogP contribution in [0.3, 0.4) is 0 Å². The molecule has 1 nitrogen and oxygen atoms in total. The van der Waals surface area contributed by atoms with Gasteiger partial charge in [-0.1, -0.05) is 0 Å². The molecule has 0 aromatic carbocycles. The van der Waals surface area contributed by atoms with Crippen molar-refractivity contribution in [1.29, 1.82) is 0 Å². The SMILES string of the molecule is Cc1sc2c(c1[NH3+])CCC2. The first kappa shape index (κ1) is 6.38. The lowest BCUT2D eigenvalue weighted by atomic mass is 10.2. The first-order valence-electron chi connectivity index (χ1n) is 3.72. The normalized spacial score (nSPS) is 15.8. The molecule has 0 bridgehead atoms. The summed E-state index contributed by atoms with van der Waals surface area (Å²) in [5, 5.41) is 0. The zero-order valence-electron chi connectivity index (χ0n) is 6.24. The maximum Gasteiger partial charge on any atom is 0.145 e. The van der Waals surface area contributed by atoms with Crippen molar-refractivity contribution in [2.24, 2.45) is 0 Å². The molecule has 2 heteroatoms. The average molecular weight is 154 g/mol. The Hall–Kier alpha value is -0.340. The Balaban J connectivity index is 2.59. The second-order valence-electron chi connectivity index (χ2n) is 2.89. The lowest BCUT2D eigenvalue weighted by Crippen LogP contribution is -2.41. The van der Waals surface area contributed by atoms with E-state index in [4.69, 9.17) is 0 Å². The van der Waals surface area contributed by atoms with Crippen LogP contribution in [0.5, 0.6) is 0 Å². The molecule has 0 saturated heterocycles. The Labute approximate surface area is 64.9 Å². The summed E-state index contributed by atoms with van der Waals surface area (Å²) >= 11 is 1.94. The third-order valence-corrected chi connectivity index (χ3v) is 3.48. The van der Waals surface area contributed by atoms with E-state index in [2.05, 4.69) is 12.7 Å². The van der Waals surface area contributed by atoms with E-state index in [0.717, 1.165) is 0 Å². The molecule has 10 heavy (non-hydrogen) atoms. The summed E-state index contributed by atoms with van der Waals surface area (Å²) in [4.78, 5) is 3.02. The number of fused-ring (bicyclic) bond motifs is 1. The van der Waals surface area contributed by atoms with E-state index in [9.17, 15) is 0 Å². The van der Waals surface area contributed by atoms with Crippen LogP contribution in [0.1, 0.15) is 21.7 Å². The van der Waals surface area contributed by atoms with Crippen LogP contribution < -0.4 is 5.73 Å².